The highest BCUT2D eigenvalue weighted by molar-refractivity contribution is 7.92. The van der Waals surface area contributed by atoms with Crippen molar-refractivity contribution >= 4 is 20.0 Å². The molecule has 9 heteroatoms. The van der Waals surface area contributed by atoms with Crippen molar-refractivity contribution in [2.75, 3.05) is 19.5 Å². The van der Waals surface area contributed by atoms with Gasteiger partial charge >= 0.3 is 10.1 Å². The number of hydrogen-bond acceptors (Lipinski definition) is 7. The summed E-state index contributed by atoms with van der Waals surface area (Å²) in [5, 5.41) is 0. The molecule has 3 rings (SSSR count). The third-order valence-electron chi connectivity index (χ3n) is 4.36. The van der Waals surface area contributed by atoms with Crippen LogP contribution in [0.5, 0.6) is 11.5 Å². The first-order chi connectivity index (χ1) is 15.1. The third-order valence-corrected chi connectivity index (χ3v) is 6.95. The van der Waals surface area contributed by atoms with E-state index in [1.54, 1.807) is 13.0 Å². The van der Waals surface area contributed by atoms with E-state index in [0.29, 0.717) is 24.5 Å². The van der Waals surface area contributed by atoms with Gasteiger partial charge in [-0.15, -0.1) is 0 Å². The topological polar surface area (TPSA) is 96.0 Å². The van der Waals surface area contributed by atoms with Gasteiger partial charge in [-0.3, -0.25) is 0 Å². The fourth-order valence-corrected chi connectivity index (χ4v) is 5.48. The minimum Gasteiger partial charge on any atom is -0.491 e. The van der Waals surface area contributed by atoms with E-state index >= 15 is 0 Å². The summed E-state index contributed by atoms with van der Waals surface area (Å²) in [6, 6.07) is 19.8. The van der Waals surface area contributed by atoms with Gasteiger partial charge in [0.15, 0.2) is 9.84 Å². The molecule has 0 aliphatic carbocycles. The van der Waals surface area contributed by atoms with E-state index in [2.05, 4.69) is 0 Å². The predicted octanol–water partition coefficient (Wildman–Crippen LogP) is 3.76. The second kappa shape index (κ2) is 10.2. The molecule has 0 amide bonds. The molecular weight excluding hydrogens is 452 g/mol. The number of aryl methyl sites for hydroxylation is 1. The highest BCUT2D eigenvalue weighted by Crippen LogP contribution is 2.28. The lowest BCUT2D eigenvalue weighted by atomic mass is 10.2. The van der Waals surface area contributed by atoms with E-state index in [-0.39, 0.29) is 17.3 Å². The Labute approximate surface area is 188 Å². The van der Waals surface area contributed by atoms with Gasteiger partial charge in [-0.05, 0) is 42.3 Å². The van der Waals surface area contributed by atoms with E-state index in [0.717, 1.165) is 11.8 Å². The van der Waals surface area contributed by atoms with Gasteiger partial charge in [-0.2, -0.15) is 8.42 Å². The van der Waals surface area contributed by atoms with E-state index < -0.39 is 24.9 Å². The van der Waals surface area contributed by atoms with Crippen molar-refractivity contribution in [3.8, 4) is 11.5 Å². The Morgan fingerprint density at radius 1 is 0.750 bits per heavy atom. The Morgan fingerprint density at radius 2 is 1.38 bits per heavy atom. The molecule has 32 heavy (non-hydrogen) atoms. The second-order valence-electron chi connectivity index (χ2n) is 7.12. The summed E-state index contributed by atoms with van der Waals surface area (Å²) in [7, 11) is -8.14. The van der Waals surface area contributed by atoms with Gasteiger partial charge in [0, 0.05) is 12.3 Å². The molecule has 0 bridgehead atoms. The summed E-state index contributed by atoms with van der Waals surface area (Å²) in [5.74, 6) is 0.434. The first kappa shape index (κ1) is 23.8. The largest absolute Gasteiger partial charge is 0.491 e. The molecule has 7 nitrogen and oxygen atoms in total. The Bertz CT molecular complexity index is 1270. The highest BCUT2D eigenvalue weighted by Gasteiger charge is 2.25. The second-order valence-corrected chi connectivity index (χ2v) is 10.6. The van der Waals surface area contributed by atoms with Crippen LogP contribution >= 0.6 is 0 Å². The normalized spacial score (nSPS) is 11.8. The zero-order chi connectivity index (χ0) is 23.2. The standard InChI is InChI=1S/C23H24O7S2/c1-18-14-20(29-13-12-28-17-19-8-4-3-5-9-19)16-21(15-18)30-32(26,27)23-11-7-6-10-22(23)31(2,24)25/h3-11,14-16H,12-13,17H2,1-2H3. The van der Waals surface area contributed by atoms with Gasteiger partial charge in [-0.1, -0.05) is 42.5 Å². The Morgan fingerprint density at radius 3 is 2.06 bits per heavy atom. The van der Waals surface area contributed by atoms with Gasteiger partial charge in [0.1, 0.15) is 23.0 Å². The number of sulfone groups is 1. The maximum atomic E-state index is 12.8. The maximum absolute atomic E-state index is 12.8. The van der Waals surface area contributed by atoms with Crippen molar-refractivity contribution in [1.82, 2.24) is 0 Å². The van der Waals surface area contributed by atoms with Crippen molar-refractivity contribution in [3.05, 3.63) is 83.9 Å². The average molecular weight is 477 g/mol. The van der Waals surface area contributed by atoms with Crippen LogP contribution in [0.3, 0.4) is 0 Å². The molecule has 0 heterocycles. The summed E-state index contributed by atoms with van der Waals surface area (Å²) >= 11 is 0. The van der Waals surface area contributed by atoms with Crippen LogP contribution in [0, 0.1) is 6.92 Å². The average Bonchev–Trinajstić information content (AvgIpc) is 2.73. The number of hydrogen-bond donors (Lipinski definition) is 0. The van der Waals surface area contributed by atoms with E-state index in [9.17, 15) is 16.8 Å². The number of rotatable bonds is 10. The molecule has 0 atom stereocenters. The molecule has 0 aromatic heterocycles. The monoisotopic (exact) mass is 476 g/mol. The fourth-order valence-electron chi connectivity index (χ4n) is 2.96. The van der Waals surface area contributed by atoms with Crippen molar-refractivity contribution in [2.24, 2.45) is 0 Å². The van der Waals surface area contributed by atoms with Gasteiger partial charge in [0.2, 0.25) is 0 Å². The van der Waals surface area contributed by atoms with Gasteiger partial charge < -0.3 is 13.7 Å². The van der Waals surface area contributed by atoms with Crippen molar-refractivity contribution in [2.45, 2.75) is 23.3 Å². The quantitative estimate of drug-likeness (QED) is 0.325. The molecule has 0 saturated heterocycles. The maximum Gasteiger partial charge on any atom is 0.340 e. The van der Waals surface area contributed by atoms with Crippen LogP contribution in [0.4, 0.5) is 0 Å². The van der Waals surface area contributed by atoms with Crippen molar-refractivity contribution in [3.63, 3.8) is 0 Å². The lowest BCUT2D eigenvalue weighted by Crippen LogP contribution is -2.14. The molecule has 0 spiro atoms. The van der Waals surface area contributed by atoms with Crippen LogP contribution in [0.25, 0.3) is 0 Å². The Kier molecular flexibility index (Phi) is 7.55. The molecule has 0 aliphatic rings. The molecule has 0 aliphatic heterocycles. The SMILES string of the molecule is Cc1cc(OCCOCc2ccccc2)cc(OS(=O)(=O)c2ccccc2S(C)(=O)=O)c1. The first-order valence-electron chi connectivity index (χ1n) is 9.75. The van der Waals surface area contributed by atoms with Gasteiger partial charge in [0.25, 0.3) is 0 Å². The molecular formula is C23H24O7S2. The molecule has 3 aromatic carbocycles. The summed E-state index contributed by atoms with van der Waals surface area (Å²) < 4.78 is 66.0. The van der Waals surface area contributed by atoms with E-state index in [1.807, 2.05) is 30.3 Å². The minimum atomic E-state index is -4.38. The van der Waals surface area contributed by atoms with Crippen LogP contribution < -0.4 is 8.92 Å². The van der Waals surface area contributed by atoms with E-state index in [1.165, 1.54) is 36.4 Å². The first-order valence-corrected chi connectivity index (χ1v) is 13.0. The zero-order valence-electron chi connectivity index (χ0n) is 17.7. The summed E-state index contributed by atoms with van der Waals surface area (Å²) in [4.78, 5) is -0.736. The molecule has 0 unspecified atom stereocenters. The highest BCUT2D eigenvalue weighted by atomic mass is 32.2. The Hall–Kier alpha value is -2.88. The molecule has 0 N–H and O–H groups in total. The lowest BCUT2D eigenvalue weighted by molar-refractivity contribution is 0.0888. The van der Waals surface area contributed by atoms with Crippen molar-refractivity contribution in [1.29, 1.82) is 0 Å². The molecule has 3 aromatic rings. The van der Waals surface area contributed by atoms with Crippen LogP contribution in [-0.4, -0.2) is 36.3 Å². The molecule has 0 saturated carbocycles. The third kappa shape index (κ3) is 6.56. The van der Waals surface area contributed by atoms with E-state index in [4.69, 9.17) is 13.7 Å². The van der Waals surface area contributed by atoms with Crippen LogP contribution in [0.15, 0.2) is 82.6 Å². The Balaban J connectivity index is 1.67. The van der Waals surface area contributed by atoms with Crippen molar-refractivity contribution < 1.29 is 30.5 Å². The number of benzene rings is 3. The van der Waals surface area contributed by atoms with Crippen LogP contribution in [0.2, 0.25) is 0 Å². The summed E-state index contributed by atoms with van der Waals surface area (Å²) in [6.07, 6.45) is 0.944. The van der Waals surface area contributed by atoms with Gasteiger partial charge in [0.05, 0.1) is 18.1 Å². The van der Waals surface area contributed by atoms with Gasteiger partial charge in [-0.25, -0.2) is 8.42 Å². The number of ether oxygens (including phenoxy) is 2. The van der Waals surface area contributed by atoms with Crippen LogP contribution in [0.1, 0.15) is 11.1 Å². The minimum absolute atomic E-state index is 0.0218. The molecule has 170 valence electrons. The summed E-state index contributed by atoms with van der Waals surface area (Å²) in [5.41, 5.74) is 1.77. The van der Waals surface area contributed by atoms with Crippen LogP contribution in [-0.2, 0) is 31.3 Å². The smallest absolute Gasteiger partial charge is 0.340 e. The fraction of sp³-hybridized carbons (Fsp3) is 0.217. The predicted molar refractivity (Wildman–Crippen MR) is 120 cm³/mol. The lowest BCUT2D eigenvalue weighted by Gasteiger charge is -2.13. The molecule has 0 radical (unpaired) electrons. The zero-order valence-corrected chi connectivity index (χ0v) is 19.4. The molecule has 0 fully saturated rings. The summed E-state index contributed by atoms with van der Waals surface area (Å²) in [6.45, 7) is 2.84.